The number of halogens is 2. The van der Waals surface area contributed by atoms with Crippen molar-refractivity contribution in [1.29, 1.82) is 0 Å². The number of aryl methyl sites for hydroxylation is 1. The number of hydrogen-bond acceptors (Lipinski definition) is 5. The van der Waals surface area contributed by atoms with Crippen LogP contribution in [0, 0.1) is 6.92 Å². The molecule has 0 saturated carbocycles. The van der Waals surface area contributed by atoms with Gasteiger partial charge in [0.05, 0.1) is 17.3 Å². The van der Waals surface area contributed by atoms with Crippen molar-refractivity contribution < 1.29 is 4.52 Å². The molecule has 0 bridgehead atoms. The number of aliphatic imine (C=N–C) groups is 1. The van der Waals surface area contributed by atoms with Crippen LogP contribution in [0.25, 0.3) is 0 Å². The van der Waals surface area contributed by atoms with Crippen molar-refractivity contribution in [3.8, 4) is 0 Å². The number of piperazine rings is 1. The second-order valence-corrected chi connectivity index (χ2v) is 5.97. The zero-order valence-corrected chi connectivity index (χ0v) is 17.4. The Morgan fingerprint density at radius 2 is 2.00 bits per heavy atom. The molecule has 9 heteroatoms. The van der Waals surface area contributed by atoms with E-state index in [1.165, 1.54) is 0 Å². The molecule has 2 aromatic rings. The lowest BCUT2D eigenvalue weighted by molar-refractivity contribution is 0.354. The Hall–Kier alpha value is -1.55. The van der Waals surface area contributed by atoms with Gasteiger partial charge in [-0.05, 0) is 19.1 Å². The molecule has 1 aromatic heterocycles. The summed E-state index contributed by atoms with van der Waals surface area (Å²) in [4.78, 5) is 13.1. The molecule has 0 unspecified atom stereocenters. The van der Waals surface area contributed by atoms with Crippen LogP contribution in [-0.4, -0.2) is 54.2 Å². The second-order valence-electron chi connectivity index (χ2n) is 5.56. The number of nitrogens with one attached hydrogen (secondary N) is 1. The monoisotopic (exact) mass is 476 g/mol. The summed E-state index contributed by atoms with van der Waals surface area (Å²) in [5.74, 6) is 2.03. The molecule has 1 aromatic carbocycles. The van der Waals surface area contributed by atoms with Crippen LogP contribution >= 0.6 is 35.6 Å². The summed E-state index contributed by atoms with van der Waals surface area (Å²) < 4.78 is 5.11. The highest BCUT2D eigenvalue weighted by Gasteiger charge is 2.21. The fourth-order valence-electron chi connectivity index (χ4n) is 2.77. The van der Waals surface area contributed by atoms with Crippen LogP contribution in [0.3, 0.4) is 0 Å². The molecule has 1 saturated heterocycles. The van der Waals surface area contributed by atoms with Gasteiger partial charge in [-0.3, -0.25) is 4.99 Å². The fraction of sp³-hybridized carbons (Fsp3) is 0.438. The highest BCUT2D eigenvalue weighted by Crippen LogP contribution is 2.25. The highest BCUT2D eigenvalue weighted by molar-refractivity contribution is 14.0. The van der Waals surface area contributed by atoms with Crippen LogP contribution in [0.2, 0.25) is 5.02 Å². The number of anilines is 1. The fourth-order valence-corrected chi connectivity index (χ4v) is 3.02. The first kappa shape index (κ1) is 19.8. The predicted octanol–water partition coefficient (Wildman–Crippen LogP) is 2.55. The minimum atomic E-state index is 0. The lowest BCUT2D eigenvalue weighted by atomic mass is 10.2. The summed E-state index contributed by atoms with van der Waals surface area (Å²) in [6.45, 7) is 5.80. The Morgan fingerprint density at radius 3 is 2.60 bits per heavy atom. The highest BCUT2D eigenvalue weighted by atomic mass is 127. The van der Waals surface area contributed by atoms with E-state index in [2.05, 4.69) is 36.3 Å². The Morgan fingerprint density at radius 1 is 1.28 bits per heavy atom. The minimum Gasteiger partial charge on any atom is -0.367 e. The van der Waals surface area contributed by atoms with E-state index in [1.54, 1.807) is 14.0 Å². The molecule has 0 aliphatic carbocycles. The third-order valence-electron chi connectivity index (χ3n) is 3.95. The molecule has 0 radical (unpaired) electrons. The van der Waals surface area contributed by atoms with E-state index in [1.807, 2.05) is 18.2 Å². The lowest BCUT2D eigenvalue weighted by Gasteiger charge is -2.37. The zero-order chi connectivity index (χ0) is 16.9. The molecule has 7 nitrogen and oxygen atoms in total. The van der Waals surface area contributed by atoms with E-state index in [4.69, 9.17) is 16.1 Å². The van der Waals surface area contributed by atoms with Crippen molar-refractivity contribution in [3.05, 3.63) is 41.0 Å². The van der Waals surface area contributed by atoms with Gasteiger partial charge in [0.2, 0.25) is 5.89 Å². The van der Waals surface area contributed by atoms with E-state index in [-0.39, 0.29) is 24.0 Å². The summed E-state index contributed by atoms with van der Waals surface area (Å²) in [7, 11) is 1.78. The first-order chi connectivity index (χ1) is 11.7. The molecular weight excluding hydrogens is 455 g/mol. The standard InChI is InChI=1S/C16H21ClN6O.HI/c1-12-20-15(24-21-12)11-19-16(18-2)23-9-7-22(8-10-23)14-6-4-3-5-13(14)17;/h3-6H,7-11H2,1-2H3,(H,18,19);1H. The molecule has 1 N–H and O–H groups in total. The zero-order valence-electron chi connectivity index (χ0n) is 14.3. The van der Waals surface area contributed by atoms with E-state index < -0.39 is 0 Å². The quantitative estimate of drug-likeness (QED) is 0.417. The number of benzene rings is 1. The van der Waals surface area contributed by atoms with Gasteiger partial charge in [0, 0.05) is 33.2 Å². The lowest BCUT2D eigenvalue weighted by Crippen LogP contribution is -2.52. The molecule has 0 atom stereocenters. The third kappa shape index (κ3) is 4.97. The van der Waals surface area contributed by atoms with Gasteiger partial charge < -0.3 is 19.6 Å². The molecule has 0 spiro atoms. The number of nitrogens with zero attached hydrogens (tertiary/aromatic N) is 5. The van der Waals surface area contributed by atoms with Crippen LogP contribution < -0.4 is 10.2 Å². The van der Waals surface area contributed by atoms with Crippen molar-refractivity contribution in [2.24, 2.45) is 4.99 Å². The molecule has 25 heavy (non-hydrogen) atoms. The SMILES string of the molecule is CN=C(NCc1nc(C)no1)N1CCN(c2ccccc2Cl)CC1.I. The van der Waals surface area contributed by atoms with Gasteiger partial charge in [-0.1, -0.05) is 28.9 Å². The van der Waals surface area contributed by atoms with E-state index in [0.29, 0.717) is 18.3 Å². The summed E-state index contributed by atoms with van der Waals surface area (Å²) in [5, 5.41) is 7.85. The van der Waals surface area contributed by atoms with Gasteiger partial charge in [-0.15, -0.1) is 24.0 Å². The molecule has 1 aliphatic heterocycles. The van der Waals surface area contributed by atoms with Crippen molar-refractivity contribution in [3.63, 3.8) is 0 Å². The van der Waals surface area contributed by atoms with Crippen molar-refractivity contribution in [2.45, 2.75) is 13.5 Å². The van der Waals surface area contributed by atoms with Gasteiger partial charge in [0.15, 0.2) is 11.8 Å². The van der Waals surface area contributed by atoms with E-state index in [9.17, 15) is 0 Å². The number of aromatic nitrogens is 2. The molecule has 1 fully saturated rings. The van der Waals surface area contributed by atoms with Crippen LogP contribution in [0.5, 0.6) is 0 Å². The molecule has 0 amide bonds. The molecule has 3 rings (SSSR count). The molecule has 136 valence electrons. The smallest absolute Gasteiger partial charge is 0.246 e. The number of para-hydroxylation sites is 1. The second kappa shape index (κ2) is 9.23. The number of hydrogen-bond donors (Lipinski definition) is 1. The van der Waals surface area contributed by atoms with Gasteiger partial charge >= 0.3 is 0 Å². The minimum absolute atomic E-state index is 0. The predicted molar refractivity (Wildman–Crippen MR) is 110 cm³/mol. The third-order valence-corrected chi connectivity index (χ3v) is 4.27. The van der Waals surface area contributed by atoms with Gasteiger partial charge in [0.1, 0.15) is 0 Å². The molecular formula is C16H22ClIN6O. The summed E-state index contributed by atoms with van der Waals surface area (Å²) in [6, 6.07) is 7.95. The summed E-state index contributed by atoms with van der Waals surface area (Å²) >= 11 is 6.29. The number of rotatable bonds is 3. The van der Waals surface area contributed by atoms with Crippen LogP contribution in [0.4, 0.5) is 5.69 Å². The van der Waals surface area contributed by atoms with Gasteiger partial charge in [0.25, 0.3) is 0 Å². The van der Waals surface area contributed by atoms with Crippen LogP contribution in [0.15, 0.2) is 33.8 Å². The average Bonchev–Trinajstić information content (AvgIpc) is 3.02. The Labute approximate surface area is 169 Å². The maximum atomic E-state index is 6.29. The normalized spacial score (nSPS) is 15.1. The van der Waals surface area contributed by atoms with Crippen molar-refractivity contribution in [1.82, 2.24) is 20.4 Å². The Balaban J connectivity index is 0.00000225. The first-order valence-corrected chi connectivity index (χ1v) is 8.29. The largest absolute Gasteiger partial charge is 0.367 e. The number of guanidine groups is 1. The van der Waals surface area contributed by atoms with Gasteiger partial charge in [-0.25, -0.2) is 0 Å². The molecule has 2 heterocycles. The van der Waals surface area contributed by atoms with E-state index >= 15 is 0 Å². The molecule has 1 aliphatic rings. The Kier molecular flexibility index (Phi) is 7.30. The first-order valence-electron chi connectivity index (χ1n) is 7.91. The Bertz CT molecular complexity index is 714. The van der Waals surface area contributed by atoms with Crippen LogP contribution in [-0.2, 0) is 6.54 Å². The average molecular weight is 477 g/mol. The maximum absolute atomic E-state index is 6.29. The van der Waals surface area contributed by atoms with Crippen LogP contribution in [0.1, 0.15) is 11.7 Å². The maximum Gasteiger partial charge on any atom is 0.246 e. The van der Waals surface area contributed by atoms with E-state index in [0.717, 1.165) is 42.8 Å². The summed E-state index contributed by atoms with van der Waals surface area (Å²) in [6.07, 6.45) is 0. The van der Waals surface area contributed by atoms with Crippen molar-refractivity contribution >= 4 is 47.2 Å². The van der Waals surface area contributed by atoms with Gasteiger partial charge in [-0.2, -0.15) is 4.98 Å². The topological polar surface area (TPSA) is 69.8 Å². The summed E-state index contributed by atoms with van der Waals surface area (Å²) in [5.41, 5.74) is 1.09. The van der Waals surface area contributed by atoms with Crippen molar-refractivity contribution in [2.75, 3.05) is 38.1 Å².